The van der Waals surface area contributed by atoms with E-state index in [4.69, 9.17) is 14.2 Å². The minimum absolute atomic E-state index is 0.0317. The molecule has 0 aliphatic heterocycles. The maximum Gasteiger partial charge on any atom is 0.302 e. The van der Waals surface area contributed by atoms with Crippen LogP contribution in [0.1, 0.15) is 90.9 Å². The minimum Gasteiger partial charge on any atom is -0.462 e. The molecule has 0 aromatic rings. The van der Waals surface area contributed by atoms with Crippen molar-refractivity contribution in [3.05, 3.63) is 11.6 Å². The molecule has 0 spiro atoms. The van der Waals surface area contributed by atoms with Crippen LogP contribution in [0.3, 0.4) is 0 Å². The molecule has 0 radical (unpaired) electrons. The van der Waals surface area contributed by atoms with Crippen LogP contribution < -0.4 is 0 Å². The number of ether oxygens (including phenoxy) is 3. The highest BCUT2D eigenvalue weighted by Crippen LogP contribution is 2.65. The molecule has 7 atom stereocenters. The van der Waals surface area contributed by atoms with Gasteiger partial charge in [0.25, 0.3) is 0 Å². The molecule has 5 heteroatoms. The first-order chi connectivity index (χ1) is 15.4. The van der Waals surface area contributed by atoms with Crippen molar-refractivity contribution < 1.29 is 23.8 Å². The quantitative estimate of drug-likeness (QED) is 0.247. The molecule has 4 fully saturated rings. The van der Waals surface area contributed by atoms with E-state index in [1.807, 2.05) is 0 Å². The Balaban J connectivity index is 1.36. The van der Waals surface area contributed by atoms with E-state index in [1.54, 1.807) is 7.11 Å². The third kappa shape index (κ3) is 3.41. The lowest BCUT2D eigenvalue weighted by Crippen LogP contribution is -2.53. The fraction of sp³-hybridized carbons (Fsp3) is 0.852. The largest absolute Gasteiger partial charge is 0.462 e. The van der Waals surface area contributed by atoms with Crippen LogP contribution in [-0.2, 0) is 23.8 Å². The first kappa shape index (κ1) is 22.6. The molecule has 0 aromatic heterocycles. The van der Waals surface area contributed by atoms with Crippen molar-refractivity contribution in [2.75, 3.05) is 7.11 Å². The smallest absolute Gasteiger partial charge is 0.302 e. The van der Waals surface area contributed by atoms with Gasteiger partial charge in [0.15, 0.2) is 5.79 Å². The van der Waals surface area contributed by atoms with Gasteiger partial charge in [-0.2, -0.15) is 0 Å². The number of esters is 1. The Hall–Kier alpha value is -1.20. The van der Waals surface area contributed by atoms with Crippen molar-refractivity contribution in [1.29, 1.82) is 0 Å². The number of allylic oxidation sites excluding steroid dienone is 1. The van der Waals surface area contributed by atoms with E-state index in [-0.39, 0.29) is 29.0 Å². The molecule has 5 nitrogen and oxygen atoms in total. The Morgan fingerprint density at radius 3 is 2.53 bits per heavy atom. The van der Waals surface area contributed by atoms with Crippen LogP contribution in [0.25, 0.3) is 0 Å². The lowest BCUT2D eigenvalue weighted by Gasteiger charge is -2.57. The van der Waals surface area contributed by atoms with Crippen molar-refractivity contribution in [3.8, 4) is 0 Å². The highest BCUT2D eigenvalue weighted by atomic mass is 16.7. The minimum atomic E-state index is -0.411. The summed E-state index contributed by atoms with van der Waals surface area (Å²) >= 11 is 0. The van der Waals surface area contributed by atoms with Gasteiger partial charge in [0, 0.05) is 32.3 Å². The first-order valence-electron chi connectivity index (χ1n) is 12.9. The van der Waals surface area contributed by atoms with E-state index in [1.165, 1.54) is 31.6 Å². The van der Waals surface area contributed by atoms with Gasteiger partial charge in [-0.3, -0.25) is 4.79 Å². The van der Waals surface area contributed by atoms with Crippen molar-refractivity contribution in [2.45, 2.75) is 109 Å². The van der Waals surface area contributed by atoms with Gasteiger partial charge in [-0.25, -0.2) is 0 Å². The number of carbonyl (C=O) groups is 2. The lowest BCUT2D eigenvalue weighted by molar-refractivity contribution is -0.246. The Morgan fingerprint density at radius 1 is 1.06 bits per heavy atom. The van der Waals surface area contributed by atoms with E-state index in [2.05, 4.69) is 13.0 Å². The SMILES string of the molecule is COC1(OC2CC[C@@]3(C=O)C(=CC[C@@H]4[C@H]3CC[C@]3(C)C(OC(C)=O)CC[C@@H]43)C2)CCCC1. The predicted octanol–water partition coefficient (Wildman–Crippen LogP) is 5.36. The molecule has 5 aliphatic rings. The van der Waals surface area contributed by atoms with Crippen LogP contribution in [0.15, 0.2) is 11.6 Å². The lowest BCUT2D eigenvalue weighted by atomic mass is 9.47. The molecule has 4 saturated carbocycles. The van der Waals surface area contributed by atoms with Crippen LogP contribution in [-0.4, -0.2) is 37.4 Å². The van der Waals surface area contributed by atoms with Gasteiger partial charge in [0.1, 0.15) is 12.4 Å². The average Bonchev–Trinajstić information content (AvgIpc) is 3.38. The fourth-order valence-corrected chi connectivity index (χ4v) is 8.58. The van der Waals surface area contributed by atoms with Gasteiger partial charge >= 0.3 is 5.97 Å². The van der Waals surface area contributed by atoms with Crippen molar-refractivity contribution in [1.82, 2.24) is 0 Å². The summed E-state index contributed by atoms with van der Waals surface area (Å²) in [5.41, 5.74) is 1.06. The molecule has 32 heavy (non-hydrogen) atoms. The van der Waals surface area contributed by atoms with E-state index < -0.39 is 5.79 Å². The standard InChI is InChI=1S/C27H40O5/c1-18(29)31-24-9-8-22-21-7-6-19-16-20(32-27(30-3)12-4-5-13-27)10-15-26(19,17-28)23(21)11-14-25(22,24)2/h6,17,20-24H,4-5,7-16H2,1-3H3/t20?,21-,22-,23+,24?,25-,26+/m0/s1. The molecular formula is C27H40O5. The molecule has 0 saturated heterocycles. The van der Waals surface area contributed by atoms with Crippen LogP contribution in [0, 0.1) is 28.6 Å². The third-order valence-corrected chi connectivity index (χ3v) is 10.2. The topological polar surface area (TPSA) is 61.8 Å². The zero-order valence-electron chi connectivity index (χ0n) is 20.1. The normalized spacial score (nSPS) is 44.7. The summed E-state index contributed by atoms with van der Waals surface area (Å²) in [6.45, 7) is 3.86. The van der Waals surface area contributed by atoms with Gasteiger partial charge in [-0.1, -0.05) is 18.6 Å². The highest BCUT2D eigenvalue weighted by molar-refractivity contribution is 5.68. The Morgan fingerprint density at radius 2 is 1.84 bits per heavy atom. The maximum absolute atomic E-state index is 12.7. The zero-order chi connectivity index (χ0) is 22.6. The highest BCUT2D eigenvalue weighted by Gasteiger charge is 2.61. The second-order valence-corrected chi connectivity index (χ2v) is 11.5. The molecule has 0 aromatic carbocycles. The summed E-state index contributed by atoms with van der Waals surface area (Å²) in [5, 5.41) is 0. The molecule has 5 aliphatic carbocycles. The fourth-order valence-electron chi connectivity index (χ4n) is 8.58. The molecular weight excluding hydrogens is 404 g/mol. The van der Waals surface area contributed by atoms with Crippen LogP contribution in [0.5, 0.6) is 0 Å². The van der Waals surface area contributed by atoms with E-state index in [0.29, 0.717) is 17.8 Å². The van der Waals surface area contributed by atoms with Gasteiger partial charge in [-0.15, -0.1) is 0 Å². The predicted molar refractivity (Wildman–Crippen MR) is 121 cm³/mol. The van der Waals surface area contributed by atoms with E-state index in [9.17, 15) is 9.59 Å². The van der Waals surface area contributed by atoms with Gasteiger partial charge < -0.3 is 19.0 Å². The number of hydrogen-bond donors (Lipinski definition) is 0. The monoisotopic (exact) mass is 444 g/mol. The van der Waals surface area contributed by atoms with E-state index in [0.717, 1.165) is 64.2 Å². The average molecular weight is 445 g/mol. The summed E-state index contributed by atoms with van der Waals surface area (Å²) in [6.07, 6.45) is 16.1. The number of carbonyl (C=O) groups excluding carboxylic acids is 2. The molecule has 0 amide bonds. The summed E-state index contributed by atoms with van der Waals surface area (Å²) in [7, 11) is 1.78. The molecule has 178 valence electrons. The second kappa shape index (κ2) is 8.23. The molecule has 0 bridgehead atoms. The Labute approximate surface area is 192 Å². The Kier molecular flexibility index (Phi) is 5.81. The van der Waals surface area contributed by atoms with Gasteiger partial charge in [0.05, 0.1) is 11.5 Å². The van der Waals surface area contributed by atoms with Crippen molar-refractivity contribution >= 4 is 12.3 Å². The van der Waals surface area contributed by atoms with Crippen LogP contribution in [0.4, 0.5) is 0 Å². The number of rotatable bonds is 5. The second-order valence-electron chi connectivity index (χ2n) is 11.5. The van der Waals surface area contributed by atoms with E-state index >= 15 is 0 Å². The van der Waals surface area contributed by atoms with Gasteiger partial charge in [0.2, 0.25) is 0 Å². The molecule has 2 unspecified atom stereocenters. The molecule has 0 heterocycles. The van der Waals surface area contributed by atoms with Crippen LogP contribution in [0.2, 0.25) is 0 Å². The number of hydrogen-bond acceptors (Lipinski definition) is 5. The summed E-state index contributed by atoms with van der Waals surface area (Å²) in [5.74, 6) is 0.887. The number of fused-ring (bicyclic) bond motifs is 5. The third-order valence-electron chi connectivity index (χ3n) is 10.2. The number of methoxy groups -OCH3 is 1. The molecule has 0 N–H and O–H groups in total. The first-order valence-corrected chi connectivity index (χ1v) is 12.9. The zero-order valence-corrected chi connectivity index (χ0v) is 20.1. The van der Waals surface area contributed by atoms with Gasteiger partial charge in [-0.05, 0) is 82.0 Å². The summed E-state index contributed by atoms with van der Waals surface area (Å²) < 4.78 is 18.2. The van der Waals surface area contributed by atoms with Crippen molar-refractivity contribution in [2.24, 2.45) is 28.6 Å². The summed E-state index contributed by atoms with van der Waals surface area (Å²) in [6, 6.07) is 0. The molecule has 5 rings (SSSR count). The maximum atomic E-state index is 12.7. The summed E-state index contributed by atoms with van der Waals surface area (Å²) in [4.78, 5) is 24.4. The Bertz CT molecular complexity index is 783. The van der Waals surface area contributed by atoms with Crippen molar-refractivity contribution in [3.63, 3.8) is 0 Å². The van der Waals surface area contributed by atoms with Crippen LogP contribution >= 0.6 is 0 Å². The number of aldehydes is 1.